The Kier molecular flexibility index (Phi) is 6.26. The fraction of sp³-hybridized carbons (Fsp3) is 0.933. The number of aliphatic hydroxyl groups excluding tert-OH is 1. The highest BCUT2D eigenvalue weighted by atomic mass is 16.5. The number of nitrogens with zero attached hydrogens (tertiary/aromatic N) is 1. The molecule has 1 aliphatic carbocycles. The Morgan fingerprint density at radius 2 is 1.95 bits per heavy atom. The van der Waals surface area contributed by atoms with Crippen molar-refractivity contribution in [1.29, 1.82) is 0 Å². The molecule has 0 aromatic heterocycles. The van der Waals surface area contributed by atoms with Gasteiger partial charge in [0.25, 0.3) is 0 Å². The van der Waals surface area contributed by atoms with Crippen molar-refractivity contribution in [3.63, 3.8) is 0 Å². The van der Waals surface area contributed by atoms with E-state index in [0.29, 0.717) is 38.2 Å². The lowest BCUT2D eigenvalue weighted by Crippen LogP contribution is -2.45. The molecule has 0 bridgehead atoms. The van der Waals surface area contributed by atoms with Crippen LogP contribution in [0.5, 0.6) is 0 Å². The standard InChI is InChI=1S/C15H28N2O3/c1-12(10-15(19)17-6-8-20-9-7-17)16-14-4-2-13(11-18)3-5-14/h12-14,16,18H,2-11H2,1H3. The van der Waals surface area contributed by atoms with Crippen LogP contribution in [0.15, 0.2) is 0 Å². The molecule has 1 unspecified atom stereocenters. The van der Waals surface area contributed by atoms with E-state index in [-0.39, 0.29) is 11.9 Å². The topological polar surface area (TPSA) is 61.8 Å². The van der Waals surface area contributed by atoms with Crippen LogP contribution >= 0.6 is 0 Å². The van der Waals surface area contributed by atoms with Gasteiger partial charge in [0.15, 0.2) is 0 Å². The third kappa shape index (κ3) is 4.72. The summed E-state index contributed by atoms with van der Waals surface area (Å²) in [5.41, 5.74) is 0. The zero-order valence-corrected chi connectivity index (χ0v) is 12.5. The molecule has 0 spiro atoms. The van der Waals surface area contributed by atoms with E-state index in [1.807, 2.05) is 4.90 Å². The number of nitrogens with one attached hydrogen (secondary N) is 1. The highest BCUT2D eigenvalue weighted by molar-refractivity contribution is 5.76. The summed E-state index contributed by atoms with van der Waals surface area (Å²) in [5.74, 6) is 0.718. The molecule has 2 fully saturated rings. The Morgan fingerprint density at radius 3 is 2.55 bits per heavy atom. The second-order valence-corrected chi connectivity index (χ2v) is 6.17. The van der Waals surface area contributed by atoms with Crippen LogP contribution < -0.4 is 5.32 Å². The average molecular weight is 284 g/mol. The van der Waals surface area contributed by atoms with Gasteiger partial charge in [0, 0.05) is 38.2 Å². The third-order valence-electron chi connectivity index (χ3n) is 4.47. The minimum atomic E-state index is 0.223. The second kappa shape index (κ2) is 7.96. The van der Waals surface area contributed by atoms with Gasteiger partial charge < -0.3 is 20.1 Å². The van der Waals surface area contributed by atoms with Gasteiger partial charge in [-0.1, -0.05) is 0 Å². The number of hydrogen-bond acceptors (Lipinski definition) is 4. The van der Waals surface area contributed by atoms with Gasteiger partial charge in [0.2, 0.25) is 5.91 Å². The zero-order chi connectivity index (χ0) is 14.4. The number of aliphatic hydroxyl groups is 1. The van der Waals surface area contributed by atoms with Crippen molar-refractivity contribution in [2.24, 2.45) is 5.92 Å². The number of ether oxygens (including phenoxy) is 1. The zero-order valence-electron chi connectivity index (χ0n) is 12.5. The van der Waals surface area contributed by atoms with Gasteiger partial charge in [-0.25, -0.2) is 0 Å². The lowest BCUT2D eigenvalue weighted by molar-refractivity contribution is -0.135. The summed E-state index contributed by atoms with van der Waals surface area (Å²) in [7, 11) is 0. The minimum absolute atomic E-state index is 0.223. The molecule has 5 nitrogen and oxygen atoms in total. The van der Waals surface area contributed by atoms with E-state index < -0.39 is 0 Å². The molecule has 2 aliphatic rings. The van der Waals surface area contributed by atoms with E-state index in [1.165, 1.54) is 0 Å². The van der Waals surface area contributed by atoms with E-state index in [9.17, 15) is 4.79 Å². The van der Waals surface area contributed by atoms with E-state index in [2.05, 4.69) is 12.2 Å². The monoisotopic (exact) mass is 284 g/mol. The number of rotatable bonds is 5. The predicted octanol–water partition coefficient (Wildman–Crippen LogP) is 0.765. The molecule has 1 saturated heterocycles. The van der Waals surface area contributed by atoms with Gasteiger partial charge in [0.05, 0.1) is 13.2 Å². The van der Waals surface area contributed by atoms with Crippen molar-refractivity contribution in [1.82, 2.24) is 10.2 Å². The van der Waals surface area contributed by atoms with Gasteiger partial charge in [-0.3, -0.25) is 4.79 Å². The Labute approximate surface area is 121 Å². The van der Waals surface area contributed by atoms with E-state index >= 15 is 0 Å². The number of amides is 1. The van der Waals surface area contributed by atoms with E-state index in [4.69, 9.17) is 9.84 Å². The molecule has 0 radical (unpaired) electrons. The Morgan fingerprint density at radius 1 is 1.30 bits per heavy atom. The molecule has 1 amide bonds. The Balaban J connectivity index is 1.67. The molecule has 2 N–H and O–H groups in total. The lowest BCUT2D eigenvalue weighted by atomic mass is 9.86. The summed E-state index contributed by atoms with van der Waals surface area (Å²) in [4.78, 5) is 14.1. The molecule has 5 heteroatoms. The number of carbonyl (C=O) groups is 1. The molecule has 2 rings (SSSR count). The summed E-state index contributed by atoms with van der Waals surface area (Å²) < 4.78 is 5.27. The quantitative estimate of drug-likeness (QED) is 0.782. The first-order chi connectivity index (χ1) is 9.69. The van der Waals surface area contributed by atoms with Gasteiger partial charge in [-0.15, -0.1) is 0 Å². The van der Waals surface area contributed by atoms with Crippen LogP contribution in [-0.4, -0.2) is 60.9 Å². The SMILES string of the molecule is CC(CC(=O)N1CCOCC1)NC1CCC(CO)CC1. The molecule has 1 aliphatic heterocycles. The van der Waals surface area contributed by atoms with Gasteiger partial charge in [-0.2, -0.15) is 0 Å². The summed E-state index contributed by atoms with van der Waals surface area (Å²) in [6.07, 6.45) is 4.99. The Bertz CT molecular complexity index is 297. The first-order valence-corrected chi connectivity index (χ1v) is 7.91. The molecular weight excluding hydrogens is 256 g/mol. The van der Waals surface area contributed by atoms with E-state index in [0.717, 1.165) is 38.8 Å². The van der Waals surface area contributed by atoms with Crippen molar-refractivity contribution < 1.29 is 14.6 Å². The summed E-state index contributed by atoms with van der Waals surface area (Å²) in [6, 6.07) is 0.728. The molecule has 1 heterocycles. The van der Waals surface area contributed by atoms with E-state index in [1.54, 1.807) is 0 Å². The largest absolute Gasteiger partial charge is 0.396 e. The molecule has 0 aromatic rings. The first kappa shape index (κ1) is 15.7. The number of carbonyl (C=O) groups excluding carboxylic acids is 1. The third-order valence-corrected chi connectivity index (χ3v) is 4.47. The minimum Gasteiger partial charge on any atom is -0.396 e. The highest BCUT2D eigenvalue weighted by Crippen LogP contribution is 2.24. The molecule has 1 atom stereocenters. The van der Waals surface area contributed by atoms with Crippen molar-refractivity contribution in [3.05, 3.63) is 0 Å². The molecule has 116 valence electrons. The lowest BCUT2D eigenvalue weighted by Gasteiger charge is -2.32. The maximum Gasteiger partial charge on any atom is 0.224 e. The molecule has 0 aromatic carbocycles. The van der Waals surface area contributed by atoms with Gasteiger partial charge in [0.1, 0.15) is 0 Å². The summed E-state index contributed by atoms with van der Waals surface area (Å²) in [5, 5.41) is 12.7. The fourth-order valence-corrected chi connectivity index (χ4v) is 3.18. The fourth-order valence-electron chi connectivity index (χ4n) is 3.18. The van der Waals surface area contributed by atoms with Crippen molar-refractivity contribution in [2.45, 2.75) is 51.1 Å². The van der Waals surface area contributed by atoms with Crippen LogP contribution in [0.4, 0.5) is 0 Å². The summed E-state index contributed by atoms with van der Waals surface area (Å²) >= 11 is 0. The van der Waals surface area contributed by atoms with Crippen molar-refractivity contribution in [2.75, 3.05) is 32.9 Å². The Hall–Kier alpha value is -0.650. The van der Waals surface area contributed by atoms with Crippen molar-refractivity contribution >= 4 is 5.91 Å². The average Bonchev–Trinajstić information content (AvgIpc) is 2.49. The summed E-state index contributed by atoms with van der Waals surface area (Å²) in [6.45, 7) is 5.20. The number of morpholine rings is 1. The molecular formula is C15H28N2O3. The first-order valence-electron chi connectivity index (χ1n) is 7.91. The van der Waals surface area contributed by atoms with Gasteiger partial charge >= 0.3 is 0 Å². The van der Waals surface area contributed by atoms with Crippen LogP contribution in [0.1, 0.15) is 39.0 Å². The highest BCUT2D eigenvalue weighted by Gasteiger charge is 2.24. The van der Waals surface area contributed by atoms with Crippen LogP contribution in [0.3, 0.4) is 0 Å². The van der Waals surface area contributed by atoms with Crippen LogP contribution in [-0.2, 0) is 9.53 Å². The maximum atomic E-state index is 12.1. The smallest absolute Gasteiger partial charge is 0.224 e. The number of hydrogen-bond donors (Lipinski definition) is 2. The maximum absolute atomic E-state index is 12.1. The van der Waals surface area contributed by atoms with Crippen molar-refractivity contribution in [3.8, 4) is 0 Å². The second-order valence-electron chi connectivity index (χ2n) is 6.17. The predicted molar refractivity (Wildman–Crippen MR) is 77.4 cm³/mol. The van der Waals surface area contributed by atoms with Crippen LogP contribution in [0, 0.1) is 5.92 Å². The molecule has 20 heavy (non-hydrogen) atoms. The normalized spacial score (nSPS) is 29.2. The van der Waals surface area contributed by atoms with Crippen LogP contribution in [0.25, 0.3) is 0 Å². The molecule has 1 saturated carbocycles. The van der Waals surface area contributed by atoms with Gasteiger partial charge in [-0.05, 0) is 38.5 Å². The van der Waals surface area contributed by atoms with Crippen LogP contribution in [0.2, 0.25) is 0 Å².